The van der Waals surface area contributed by atoms with Crippen LogP contribution in [0.2, 0.25) is 0 Å². The fourth-order valence-corrected chi connectivity index (χ4v) is 3.45. The minimum atomic E-state index is -1.92. The molecule has 7 nitrogen and oxygen atoms in total. The van der Waals surface area contributed by atoms with Gasteiger partial charge in [0, 0.05) is 12.5 Å². The molecule has 2 aliphatic rings. The van der Waals surface area contributed by atoms with Gasteiger partial charge in [-0.15, -0.1) is 0 Å². The lowest BCUT2D eigenvalue weighted by Crippen LogP contribution is -2.47. The second-order valence-electron chi connectivity index (χ2n) is 7.57. The van der Waals surface area contributed by atoms with Crippen molar-refractivity contribution in [2.45, 2.75) is 70.8 Å². The minimum absolute atomic E-state index is 0.0531. The van der Waals surface area contributed by atoms with Crippen molar-refractivity contribution in [2.75, 3.05) is 19.7 Å². The molecule has 0 aromatic heterocycles. The Hall–Kier alpha value is -1.18. The van der Waals surface area contributed by atoms with E-state index in [4.69, 9.17) is 9.47 Å². The average Bonchev–Trinajstić information content (AvgIpc) is 3.14. The summed E-state index contributed by atoms with van der Waals surface area (Å²) in [5, 5.41) is 19.5. The van der Waals surface area contributed by atoms with Gasteiger partial charge in [-0.05, 0) is 39.7 Å². The highest BCUT2D eigenvalue weighted by atomic mass is 16.6. The summed E-state index contributed by atoms with van der Waals surface area (Å²) in [5.74, 6) is -1.06. The monoisotopic (exact) mass is 357 g/mol. The average molecular weight is 357 g/mol. The number of carbonyl (C=O) groups excluding carboxylic acids is 2. The number of aliphatic hydroxyl groups is 2. The van der Waals surface area contributed by atoms with Gasteiger partial charge in [-0.25, -0.2) is 4.79 Å². The van der Waals surface area contributed by atoms with Gasteiger partial charge in [0.1, 0.15) is 6.10 Å². The van der Waals surface area contributed by atoms with Crippen LogP contribution >= 0.6 is 0 Å². The number of carbonyl (C=O) groups is 2. The van der Waals surface area contributed by atoms with Crippen molar-refractivity contribution >= 4 is 11.9 Å². The van der Waals surface area contributed by atoms with Crippen molar-refractivity contribution in [1.82, 2.24) is 4.90 Å². The van der Waals surface area contributed by atoms with E-state index in [1.54, 1.807) is 0 Å². The first kappa shape index (κ1) is 20.1. The Bertz CT molecular complexity index is 492. The standard InChI is InChI=1S/C18H31NO6/c1-5-11(2)16(21)25-14-7-9-19-8-6-13(15(14)19)10-24-17(22)18(4,23)12(3)20/h11-15,20,23H,5-10H2,1-4H3/t11?,12-,13+,14+,15+,18-/m0/s1. The van der Waals surface area contributed by atoms with Gasteiger partial charge in [-0.2, -0.15) is 0 Å². The summed E-state index contributed by atoms with van der Waals surface area (Å²) in [6.07, 6.45) is 1.00. The van der Waals surface area contributed by atoms with E-state index in [2.05, 4.69) is 4.90 Å². The van der Waals surface area contributed by atoms with E-state index in [0.29, 0.717) is 0 Å². The van der Waals surface area contributed by atoms with Crippen molar-refractivity contribution in [3.63, 3.8) is 0 Å². The third-order valence-electron chi connectivity index (χ3n) is 5.71. The molecule has 0 bridgehead atoms. The Kier molecular flexibility index (Phi) is 6.45. The maximum Gasteiger partial charge on any atom is 0.340 e. The number of ether oxygens (including phenoxy) is 2. The van der Waals surface area contributed by atoms with E-state index >= 15 is 0 Å². The number of esters is 2. The molecule has 0 spiro atoms. The van der Waals surface area contributed by atoms with Crippen molar-refractivity contribution in [2.24, 2.45) is 11.8 Å². The molecule has 25 heavy (non-hydrogen) atoms. The molecule has 1 unspecified atom stereocenters. The number of nitrogens with zero attached hydrogens (tertiary/aromatic N) is 1. The number of fused-ring (bicyclic) bond motifs is 1. The fourth-order valence-electron chi connectivity index (χ4n) is 3.45. The Morgan fingerprint density at radius 2 is 1.92 bits per heavy atom. The van der Waals surface area contributed by atoms with E-state index < -0.39 is 17.7 Å². The zero-order valence-electron chi connectivity index (χ0n) is 15.6. The smallest absolute Gasteiger partial charge is 0.340 e. The van der Waals surface area contributed by atoms with E-state index in [1.165, 1.54) is 13.8 Å². The lowest BCUT2D eigenvalue weighted by molar-refractivity contribution is -0.176. The topological polar surface area (TPSA) is 96.3 Å². The maximum absolute atomic E-state index is 12.1. The van der Waals surface area contributed by atoms with E-state index in [-0.39, 0.29) is 36.6 Å². The zero-order valence-corrected chi connectivity index (χ0v) is 15.6. The maximum atomic E-state index is 12.1. The Balaban J connectivity index is 1.94. The number of aliphatic hydroxyl groups excluding tert-OH is 1. The summed E-state index contributed by atoms with van der Waals surface area (Å²) in [6, 6.07) is 0.0531. The van der Waals surface area contributed by atoms with Gasteiger partial charge in [-0.3, -0.25) is 9.69 Å². The third-order valence-corrected chi connectivity index (χ3v) is 5.71. The summed E-state index contributed by atoms with van der Waals surface area (Å²) in [5.41, 5.74) is -1.92. The largest absolute Gasteiger partial charge is 0.463 e. The molecule has 144 valence electrons. The van der Waals surface area contributed by atoms with Crippen LogP contribution in [0, 0.1) is 11.8 Å². The van der Waals surface area contributed by atoms with Gasteiger partial charge in [-0.1, -0.05) is 13.8 Å². The second kappa shape index (κ2) is 8.01. The van der Waals surface area contributed by atoms with Crippen LogP contribution in [0.3, 0.4) is 0 Å². The molecule has 0 saturated carbocycles. The summed E-state index contributed by atoms with van der Waals surface area (Å²) in [4.78, 5) is 26.4. The summed E-state index contributed by atoms with van der Waals surface area (Å²) in [6.45, 7) is 8.32. The number of rotatable bonds is 7. The summed E-state index contributed by atoms with van der Waals surface area (Å²) >= 11 is 0. The molecule has 0 aromatic rings. The predicted molar refractivity (Wildman–Crippen MR) is 90.7 cm³/mol. The Morgan fingerprint density at radius 1 is 1.28 bits per heavy atom. The quantitative estimate of drug-likeness (QED) is 0.648. The van der Waals surface area contributed by atoms with Crippen molar-refractivity contribution < 1.29 is 29.3 Å². The molecule has 0 aliphatic carbocycles. The Labute approximate surface area is 149 Å². The molecule has 0 radical (unpaired) electrons. The van der Waals surface area contributed by atoms with Crippen molar-refractivity contribution in [3.8, 4) is 0 Å². The highest BCUT2D eigenvalue weighted by molar-refractivity contribution is 5.79. The SMILES string of the molecule is CCC(C)C(=O)O[C@@H]1CCN2CC[C@H](COC(=O)[C@@](C)(O)[C@H](C)O)[C@H]12. The Morgan fingerprint density at radius 3 is 2.52 bits per heavy atom. The predicted octanol–water partition coefficient (Wildman–Crippen LogP) is 0.714. The van der Waals surface area contributed by atoms with E-state index in [1.807, 2.05) is 13.8 Å². The van der Waals surface area contributed by atoms with Gasteiger partial charge in [0.2, 0.25) is 0 Å². The van der Waals surface area contributed by atoms with Gasteiger partial charge in [0.05, 0.1) is 24.7 Å². The minimum Gasteiger partial charge on any atom is -0.463 e. The first-order valence-corrected chi connectivity index (χ1v) is 9.20. The summed E-state index contributed by atoms with van der Waals surface area (Å²) < 4.78 is 11.0. The van der Waals surface area contributed by atoms with Crippen molar-refractivity contribution in [3.05, 3.63) is 0 Å². The van der Waals surface area contributed by atoms with Gasteiger partial charge < -0.3 is 19.7 Å². The van der Waals surface area contributed by atoms with Crippen LogP contribution in [0.1, 0.15) is 47.0 Å². The third kappa shape index (κ3) is 4.33. The highest BCUT2D eigenvalue weighted by Crippen LogP contribution is 2.35. The lowest BCUT2D eigenvalue weighted by atomic mass is 9.96. The number of hydrogen-bond donors (Lipinski definition) is 2. The van der Waals surface area contributed by atoms with Gasteiger partial charge in [0.15, 0.2) is 5.60 Å². The normalized spacial score (nSPS) is 31.0. The zero-order chi connectivity index (χ0) is 18.8. The molecule has 2 N–H and O–H groups in total. The van der Waals surface area contributed by atoms with E-state index in [9.17, 15) is 19.8 Å². The molecular formula is C18H31NO6. The van der Waals surface area contributed by atoms with Crippen LogP contribution in [0.25, 0.3) is 0 Å². The first-order chi connectivity index (χ1) is 11.7. The highest BCUT2D eigenvalue weighted by Gasteiger charge is 2.47. The second-order valence-corrected chi connectivity index (χ2v) is 7.57. The van der Waals surface area contributed by atoms with Crippen LogP contribution in [-0.2, 0) is 19.1 Å². The molecular weight excluding hydrogens is 326 g/mol. The van der Waals surface area contributed by atoms with Crippen molar-refractivity contribution in [1.29, 1.82) is 0 Å². The summed E-state index contributed by atoms with van der Waals surface area (Å²) in [7, 11) is 0. The van der Waals surface area contributed by atoms with Crippen LogP contribution in [0.4, 0.5) is 0 Å². The number of hydrogen-bond acceptors (Lipinski definition) is 7. The fraction of sp³-hybridized carbons (Fsp3) is 0.889. The molecule has 0 amide bonds. The van der Waals surface area contributed by atoms with Crippen LogP contribution in [0.5, 0.6) is 0 Å². The molecule has 6 atom stereocenters. The van der Waals surface area contributed by atoms with Crippen LogP contribution in [0.15, 0.2) is 0 Å². The van der Waals surface area contributed by atoms with Gasteiger partial charge in [0.25, 0.3) is 0 Å². The molecule has 2 aliphatic heterocycles. The first-order valence-electron chi connectivity index (χ1n) is 9.20. The van der Waals surface area contributed by atoms with Crippen LogP contribution < -0.4 is 0 Å². The molecule has 0 aromatic carbocycles. The molecule has 2 saturated heterocycles. The molecule has 7 heteroatoms. The molecule has 2 rings (SSSR count). The van der Waals surface area contributed by atoms with Gasteiger partial charge >= 0.3 is 11.9 Å². The molecule has 2 heterocycles. The van der Waals surface area contributed by atoms with Crippen LogP contribution in [-0.4, -0.2) is 70.6 Å². The lowest BCUT2D eigenvalue weighted by Gasteiger charge is -2.28. The molecule has 2 fully saturated rings. The van der Waals surface area contributed by atoms with E-state index in [0.717, 1.165) is 32.4 Å².